The lowest BCUT2D eigenvalue weighted by Gasteiger charge is -2.34. The van der Waals surface area contributed by atoms with E-state index in [0.29, 0.717) is 23.2 Å². The Labute approximate surface area is 251 Å². The molecule has 3 aromatic carbocycles. The highest BCUT2D eigenvalue weighted by Gasteiger charge is 2.36. The average Bonchev–Trinajstić information content (AvgIpc) is 2.98. The number of halogens is 3. The first-order valence-corrected chi connectivity index (χ1v) is 15.6. The maximum absolute atomic E-state index is 14.0. The van der Waals surface area contributed by atoms with Gasteiger partial charge < -0.3 is 10.2 Å². The van der Waals surface area contributed by atoms with Crippen molar-refractivity contribution < 1.29 is 31.2 Å². The van der Waals surface area contributed by atoms with Gasteiger partial charge in [0.15, 0.2) is 0 Å². The van der Waals surface area contributed by atoms with E-state index < -0.39 is 40.3 Å². The van der Waals surface area contributed by atoms with Gasteiger partial charge in [-0.25, -0.2) is 8.42 Å². The highest BCUT2D eigenvalue weighted by atomic mass is 32.2. The zero-order chi connectivity index (χ0) is 31.8. The van der Waals surface area contributed by atoms with E-state index in [9.17, 15) is 31.2 Å². The van der Waals surface area contributed by atoms with Crippen molar-refractivity contribution in [1.82, 2.24) is 10.2 Å². The van der Waals surface area contributed by atoms with E-state index in [1.807, 2.05) is 44.2 Å². The number of anilines is 1. The topological polar surface area (TPSA) is 86.8 Å². The molecule has 3 rings (SSSR count). The molecular formula is C32H38F3N3O4S. The van der Waals surface area contributed by atoms with E-state index in [0.717, 1.165) is 23.3 Å². The fourth-order valence-electron chi connectivity index (χ4n) is 4.54. The third kappa shape index (κ3) is 8.82. The van der Waals surface area contributed by atoms with Crippen LogP contribution >= 0.6 is 0 Å². The number of aryl methyl sites for hydroxylation is 1. The smallest absolute Gasteiger partial charge is 0.352 e. The van der Waals surface area contributed by atoms with Crippen molar-refractivity contribution in [3.8, 4) is 0 Å². The number of hydrogen-bond donors (Lipinski definition) is 1. The lowest BCUT2D eigenvalue weighted by atomic mass is 10.1. The Morgan fingerprint density at radius 2 is 1.56 bits per heavy atom. The van der Waals surface area contributed by atoms with Gasteiger partial charge in [-0.05, 0) is 69.0 Å². The number of amides is 2. The number of benzene rings is 3. The van der Waals surface area contributed by atoms with E-state index in [1.165, 1.54) is 23.1 Å². The molecule has 0 aliphatic carbocycles. The maximum Gasteiger partial charge on any atom is 0.416 e. The molecule has 0 heterocycles. The zero-order valence-corrected chi connectivity index (χ0v) is 25.6. The molecule has 0 spiro atoms. The summed E-state index contributed by atoms with van der Waals surface area (Å²) in [5, 5.41) is 2.89. The first-order chi connectivity index (χ1) is 20.3. The number of sulfonamides is 1. The first-order valence-electron chi connectivity index (χ1n) is 14.2. The average molecular weight is 618 g/mol. The maximum atomic E-state index is 14.0. The largest absolute Gasteiger partial charge is 0.416 e. The molecular weight excluding hydrogens is 579 g/mol. The van der Waals surface area contributed by atoms with Crippen LogP contribution in [0.3, 0.4) is 0 Å². The first kappa shape index (κ1) is 33.6. The van der Waals surface area contributed by atoms with Gasteiger partial charge in [-0.3, -0.25) is 13.9 Å². The molecule has 1 N–H and O–H groups in total. The third-order valence-corrected chi connectivity index (χ3v) is 9.01. The second kappa shape index (κ2) is 14.5. The fraction of sp³-hybridized carbons (Fsp3) is 0.375. The van der Waals surface area contributed by atoms with Gasteiger partial charge in [0.2, 0.25) is 11.8 Å². The summed E-state index contributed by atoms with van der Waals surface area (Å²) in [5.41, 5.74) is 0.316. The standard InChI is InChI=1S/C32H38F3N3O4S/c1-5-24(4)36-31(40)29(6-2)37(20-19-25-11-8-7-9-12-25)30(39)22-38(27-14-10-13-26(21-27)32(33,34)35)43(41,42)28-17-15-23(3)16-18-28/h7-18,21,24,29H,5-6,19-20,22H2,1-4H3,(H,36,40). The second-order valence-electron chi connectivity index (χ2n) is 10.4. The van der Waals surface area contributed by atoms with Crippen molar-refractivity contribution in [1.29, 1.82) is 0 Å². The minimum Gasteiger partial charge on any atom is -0.352 e. The summed E-state index contributed by atoms with van der Waals surface area (Å²) in [6, 6.07) is 17.9. The van der Waals surface area contributed by atoms with Crippen LogP contribution in [0.15, 0.2) is 83.8 Å². The van der Waals surface area contributed by atoms with Crippen molar-refractivity contribution in [2.75, 3.05) is 17.4 Å². The van der Waals surface area contributed by atoms with Crippen LogP contribution in [0.4, 0.5) is 18.9 Å². The summed E-state index contributed by atoms with van der Waals surface area (Å²) < 4.78 is 69.4. The number of carbonyl (C=O) groups is 2. The van der Waals surface area contributed by atoms with Crippen LogP contribution in [-0.2, 0) is 32.2 Å². The molecule has 0 saturated carbocycles. The van der Waals surface area contributed by atoms with Crippen LogP contribution < -0.4 is 9.62 Å². The molecule has 2 amide bonds. The Morgan fingerprint density at radius 3 is 2.14 bits per heavy atom. The SMILES string of the molecule is CCC(C)NC(=O)C(CC)N(CCc1ccccc1)C(=O)CN(c1cccc(C(F)(F)F)c1)S(=O)(=O)c1ccc(C)cc1. The summed E-state index contributed by atoms with van der Waals surface area (Å²) in [6.07, 6.45) is -3.44. The Morgan fingerprint density at radius 1 is 0.907 bits per heavy atom. The molecule has 0 aliphatic rings. The molecule has 7 nitrogen and oxygen atoms in total. The molecule has 11 heteroatoms. The molecule has 0 radical (unpaired) electrons. The van der Waals surface area contributed by atoms with Crippen molar-refractivity contribution in [2.24, 2.45) is 0 Å². The summed E-state index contributed by atoms with van der Waals surface area (Å²) >= 11 is 0. The Bertz CT molecular complexity index is 1480. The number of carbonyl (C=O) groups excluding carboxylic acids is 2. The molecule has 2 unspecified atom stereocenters. The van der Waals surface area contributed by atoms with E-state index in [1.54, 1.807) is 26.0 Å². The minimum atomic E-state index is -4.73. The number of nitrogens with zero attached hydrogens (tertiary/aromatic N) is 2. The van der Waals surface area contributed by atoms with E-state index in [-0.39, 0.29) is 35.5 Å². The molecule has 43 heavy (non-hydrogen) atoms. The van der Waals surface area contributed by atoms with Gasteiger partial charge in [0, 0.05) is 12.6 Å². The molecule has 3 aromatic rings. The molecule has 0 aromatic heterocycles. The van der Waals surface area contributed by atoms with Crippen LogP contribution in [0.5, 0.6) is 0 Å². The van der Waals surface area contributed by atoms with Crippen molar-refractivity contribution in [3.63, 3.8) is 0 Å². The van der Waals surface area contributed by atoms with Crippen LogP contribution in [0.1, 0.15) is 50.3 Å². The summed E-state index contributed by atoms with van der Waals surface area (Å²) in [4.78, 5) is 28.5. The molecule has 232 valence electrons. The molecule has 0 bridgehead atoms. The lowest BCUT2D eigenvalue weighted by molar-refractivity contribution is -0.139. The number of rotatable bonds is 13. The monoisotopic (exact) mass is 617 g/mol. The van der Waals surface area contributed by atoms with Gasteiger partial charge >= 0.3 is 6.18 Å². The number of hydrogen-bond acceptors (Lipinski definition) is 4. The summed E-state index contributed by atoms with van der Waals surface area (Å²) in [6.45, 7) is 6.55. The Hall–Kier alpha value is -3.86. The number of alkyl halides is 3. The Balaban J connectivity index is 2.07. The fourth-order valence-corrected chi connectivity index (χ4v) is 5.95. The molecule has 0 aliphatic heterocycles. The number of nitrogens with one attached hydrogen (secondary N) is 1. The predicted molar refractivity (Wildman–Crippen MR) is 161 cm³/mol. The van der Waals surface area contributed by atoms with Crippen LogP contribution in [0.25, 0.3) is 0 Å². The zero-order valence-electron chi connectivity index (χ0n) is 24.8. The minimum absolute atomic E-state index is 0.0935. The highest BCUT2D eigenvalue weighted by Crippen LogP contribution is 2.33. The van der Waals surface area contributed by atoms with Gasteiger partial charge in [0.1, 0.15) is 12.6 Å². The van der Waals surface area contributed by atoms with Crippen LogP contribution in [-0.4, -0.2) is 50.3 Å². The van der Waals surface area contributed by atoms with Crippen molar-refractivity contribution in [3.05, 3.63) is 95.6 Å². The van der Waals surface area contributed by atoms with Crippen molar-refractivity contribution in [2.45, 2.75) is 70.1 Å². The molecule has 0 saturated heterocycles. The normalized spacial score (nSPS) is 13.2. The predicted octanol–water partition coefficient (Wildman–Crippen LogP) is 5.97. The van der Waals surface area contributed by atoms with Crippen LogP contribution in [0, 0.1) is 6.92 Å². The van der Waals surface area contributed by atoms with E-state index in [4.69, 9.17) is 0 Å². The van der Waals surface area contributed by atoms with E-state index in [2.05, 4.69) is 5.32 Å². The van der Waals surface area contributed by atoms with Gasteiger partial charge in [-0.15, -0.1) is 0 Å². The molecule has 2 atom stereocenters. The third-order valence-electron chi connectivity index (χ3n) is 7.22. The summed E-state index contributed by atoms with van der Waals surface area (Å²) in [7, 11) is -4.49. The quantitative estimate of drug-likeness (QED) is 0.256. The van der Waals surface area contributed by atoms with Crippen molar-refractivity contribution >= 4 is 27.5 Å². The second-order valence-corrected chi connectivity index (χ2v) is 12.3. The van der Waals surface area contributed by atoms with Gasteiger partial charge in [-0.2, -0.15) is 13.2 Å². The molecule has 0 fully saturated rings. The highest BCUT2D eigenvalue weighted by molar-refractivity contribution is 7.92. The van der Waals surface area contributed by atoms with Gasteiger partial charge in [0.05, 0.1) is 16.1 Å². The summed E-state index contributed by atoms with van der Waals surface area (Å²) in [5.74, 6) is -1.10. The van der Waals surface area contributed by atoms with E-state index >= 15 is 0 Å². The lowest BCUT2D eigenvalue weighted by Crippen LogP contribution is -2.54. The van der Waals surface area contributed by atoms with Gasteiger partial charge in [0.25, 0.3) is 10.0 Å². The van der Waals surface area contributed by atoms with Crippen LogP contribution in [0.2, 0.25) is 0 Å². The van der Waals surface area contributed by atoms with Gasteiger partial charge in [-0.1, -0.05) is 67.9 Å². The Kier molecular flexibility index (Phi) is 11.4.